The Morgan fingerprint density at radius 2 is 2.11 bits per heavy atom. The van der Waals surface area contributed by atoms with Gasteiger partial charge in [0.15, 0.2) is 0 Å². The molecule has 1 saturated carbocycles. The van der Waals surface area contributed by atoms with Crippen LogP contribution >= 0.6 is 0 Å². The van der Waals surface area contributed by atoms with Crippen LogP contribution in [0.3, 0.4) is 0 Å². The van der Waals surface area contributed by atoms with Crippen LogP contribution in [0.5, 0.6) is 0 Å². The van der Waals surface area contributed by atoms with Crippen LogP contribution in [-0.4, -0.2) is 49.8 Å². The van der Waals surface area contributed by atoms with Gasteiger partial charge in [-0.05, 0) is 57.7 Å². The minimum atomic E-state index is 0.554. The Morgan fingerprint density at radius 3 is 2.78 bits per heavy atom. The maximum atomic E-state index is 5.65. The average Bonchev–Trinajstić information content (AvgIpc) is 2.70. The summed E-state index contributed by atoms with van der Waals surface area (Å²) in [6, 6.07) is 0.816. The van der Waals surface area contributed by atoms with E-state index in [1.807, 2.05) is 0 Å². The second-order valence-electron chi connectivity index (χ2n) is 6.40. The van der Waals surface area contributed by atoms with Gasteiger partial charge in [-0.25, -0.2) is 0 Å². The first-order valence-corrected chi connectivity index (χ1v) is 7.75. The summed E-state index contributed by atoms with van der Waals surface area (Å²) in [5.74, 6) is 1.64. The quantitative estimate of drug-likeness (QED) is 0.753. The Bertz CT molecular complexity index is 239. The molecule has 2 aliphatic rings. The van der Waals surface area contributed by atoms with Gasteiger partial charge < -0.3 is 10.1 Å². The van der Waals surface area contributed by atoms with Crippen LogP contribution in [0.15, 0.2) is 0 Å². The third kappa shape index (κ3) is 3.94. The van der Waals surface area contributed by atoms with Crippen LogP contribution in [0.4, 0.5) is 0 Å². The molecule has 0 aromatic carbocycles. The zero-order valence-electron chi connectivity index (χ0n) is 12.3. The van der Waals surface area contributed by atoms with Crippen molar-refractivity contribution in [1.82, 2.24) is 10.2 Å². The van der Waals surface area contributed by atoms with Gasteiger partial charge in [-0.15, -0.1) is 0 Å². The van der Waals surface area contributed by atoms with Crippen molar-refractivity contribution in [3.05, 3.63) is 0 Å². The molecule has 2 rings (SSSR count). The topological polar surface area (TPSA) is 24.5 Å². The van der Waals surface area contributed by atoms with Gasteiger partial charge in [0.05, 0.1) is 6.10 Å². The van der Waals surface area contributed by atoms with Crippen molar-refractivity contribution < 1.29 is 4.74 Å². The molecule has 0 amide bonds. The molecule has 0 aromatic heterocycles. The van der Waals surface area contributed by atoms with E-state index in [2.05, 4.69) is 31.0 Å². The van der Waals surface area contributed by atoms with Crippen LogP contribution in [0.1, 0.15) is 40.0 Å². The molecule has 1 N–H and O–H groups in total. The van der Waals surface area contributed by atoms with E-state index in [0.717, 1.165) is 31.0 Å². The number of nitrogens with zero attached hydrogens (tertiary/aromatic N) is 1. The van der Waals surface area contributed by atoms with Gasteiger partial charge in [0, 0.05) is 19.2 Å². The van der Waals surface area contributed by atoms with Crippen molar-refractivity contribution in [2.75, 3.05) is 32.8 Å². The van der Waals surface area contributed by atoms with Crippen molar-refractivity contribution in [3.63, 3.8) is 0 Å². The van der Waals surface area contributed by atoms with Gasteiger partial charge >= 0.3 is 0 Å². The first-order chi connectivity index (χ1) is 8.69. The molecule has 0 aromatic rings. The maximum Gasteiger partial charge on any atom is 0.0604 e. The Hall–Kier alpha value is -0.120. The summed E-state index contributed by atoms with van der Waals surface area (Å²) in [6.45, 7) is 12.5. The Balaban J connectivity index is 1.58. The summed E-state index contributed by atoms with van der Waals surface area (Å²) in [6.07, 6.45) is 4.46. The van der Waals surface area contributed by atoms with Crippen molar-refractivity contribution in [2.45, 2.75) is 52.2 Å². The molecule has 0 radical (unpaired) electrons. The second-order valence-corrected chi connectivity index (χ2v) is 6.40. The smallest absolute Gasteiger partial charge is 0.0604 e. The van der Waals surface area contributed by atoms with Gasteiger partial charge in [0.25, 0.3) is 0 Å². The zero-order chi connectivity index (χ0) is 13.0. The highest BCUT2D eigenvalue weighted by atomic mass is 16.5. The number of hydrogen-bond donors (Lipinski definition) is 1. The van der Waals surface area contributed by atoms with Crippen molar-refractivity contribution in [1.29, 1.82) is 0 Å². The van der Waals surface area contributed by atoms with E-state index in [-0.39, 0.29) is 0 Å². The monoisotopic (exact) mass is 254 g/mol. The molecule has 0 spiro atoms. The molecule has 1 saturated heterocycles. The lowest BCUT2D eigenvalue weighted by atomic mass is 9.88. The van der Waals surface area contributed by atoms with Crippen molar-refractivity contribution in [3.8, 4) is 0 Å². The fourth-order valence-electron chi connectivity index (χ4n) is 3.14. The highest BCUT2D eigenvalue weighted by Crippen LogP contribution is 2.31. The highest BCUT2D eigenvalue weighted by Gasteiger charge is 2.37. The lowest BCUT2D eigenvalue weighted by Gasteiger charge is -2.41. The lowest BCUT2D eigenvalue weighted by Crippen LogP contribution is -2.47. The molecular weight excluding hydrogens is 224 g/mol. The average molecular weight is 254 g/mol. The molecule has 1 aliphatic carbocycles. The predicted octanol–water partition coefficient (Wildman–Crippen LogP) is 2.12. The number of hydrogen-bond acceptors (Lipinski definition) is 3. The SMILES string of the molecule is CCOC1CC(N2CCC(CNCC(C)C)C2)C1. The van der Waals surface area contributed by atoms with E-state index in [0.29, 0.717) is 6.10 Å². The molecule has 18 heavy (non-hydrogen) atoms. The number of ether oxygens (including phenoxy) is 1. The third-order valence-corrected chi connectivity index (χ3v) is 4.29. The summed E-state index contributed by atoms with van der Waals surface area (Å²) in [5, 5.41) is 3.60. The van der Waals surface area contributed by atoms with E-state index in [4.69, 9.17) is 4.74 Å². The highest BCUT2D eigenvalue weighted by molar-refractivity contribution is 4.92. The summed E-state index contributed by atoms with van der Waals surface area (Å²) in [7, 11) is 0. The van der Waals surface area contributed by atoms with Gasteiger partial charge in [-0.3, -0.25) is 4.90 Å². The van der Waals surface area contributed by atoms with Gasteiger partial charge in [-0.2, -0.15) is 0 Å². The van der Waals surface area contributed by atoms with E-state index in [1.165, 1.54) is 38.9 Å². The van der Waals surface area contributed by atoms with Crippen LogP contribution in [0.2, 0.25) is 0 Å². The fourth-order valence-corrected chi connectivity index (χ4v) is 3.14. The molecule has 1 atom stereocenters. The van der Waals surface area contributed by atoms with Gasteiger partial charge in [0.2, 0.25) is 0 Å². The van der Waals surface area contributed by atoms with Crippen LogP contribution < -0.4 is 5.32 Å². The first-order valence-electron chi connectivity index (χ1n) is 7.75. The molecule has 2 fully saturated rings. The fraction of sp³-hybridized carbons (Fsp3) is 1.00. The van der Waals surface area contributed by atoms with E-state index >= 15 is 0 Å². The molecule has 1 heterocycles. The Morgan fingerprint density at radius 1 is 1.33 bits per heavy atom. The minimum absolute atomic E-state index is 0.554. The van der Waals surface area contributed by atoms with Crippen molar-refractivity contribution in [2.24, 2.45) is 11.8 Å². The number of likely N-dealkylation sites (tertiary alicyclic amines) is 1. The van der Waals surface area contributed by atoms with Gasteiger partial charge in [-0.1, -0.05) is 13.8 Å². The first kappa shape index (κ1) is 14.3. The lowest BCUT2D eigenvalue weighted by molar-refractivity contribution is -0.0415. The van der Waals surface area contributed by atoms with E-state index in [9.17, 15) is 0 Å². The van der Waals surface area contributed by atoms with Crippen LogP contribution in [0.25, 0.3) is 0 Å². The summed E-state index contributed by atoms with van der Waals surface area (Å²) in [5.41, 5.74) is 0. The zero-order valence-corrected chi connectivity index (χ0v) is 12.3. The minimum Gasteiger partial charge on any atom is -0.378 e. The van der Waals surface area contributed by atoms with Crippen molar-refractivity contribution >= 4 is 0 Å². The largest absolute Gasteiger partial charge is 0.378 e. The van der Waals surface area contributed by atoms with Crippen LogP contribution in [0, 0.1) is 11.8 Å². The maximum absolute atomic E-state index is 5.65. The summed E-state index contributed by atoms with van der Waals surface area (Å²) in [4.78, 5) is 2.69. The molecule has 0 bridgehead atoms. The standard InChI is InChI=1S/C15H30N2O/c1-4-18-15-7-14(8-15)17-6-5-13(11-17)10-16-9-12(2)3/h12-16H,4-11H2,1-3H3. The Kier molecular flexibility index (Phi) is 5.46. The molecule has 1 unspecified atom stereocenters. The summed E-state index contributed by atoms with van der Waals surface area (Å²) >= 11 is 0. The predicted molar refractivity (Wildman–Crippen MR) is 75.8 cm³/mol. The Labute approximate surface area is 112 Å². The molecule has 3 heteroatoms. The normalized spacial score (nSPS) is 33.0. The van der Waals surface area contributed by atoms with Crippen LogP contribution in [-0.2, 0) is 4.74 Å². The second kappa shape index (κ2) is 6.88. The van der Waals surface area contributed by atoms with Gasteiger partial charge in [0.1, 0.15) is 0 Å². The number of nitrogens with one attached hydrogen (secondary N) is 1. The third-order valence-electron chi connectivity index (χ3n) is 4.29. The summed E-state index contributed by atoms with van der Waals surface area (Å²) < 4.78 is 5.65. The van der Waals surface area contributed by atoms with E-state index in [1.54, 1.807) is 0 Å². The van der Waals surface area contributed by atoms with E-state index < -0.39 is 0 Å². The molecule has 106 valence electrons. The number of rotatable bonds is 7. The molecular formula is C15H30N2O. The molecule has 1 aliphatic heterocycles. The molecule has 3 nitrogen and oxygen atoms in total.